The minimum absolute atomic E-state index is 0.139. The maximum Gasteiger partial charge on any atom is 0.371 e. The standard InChI is InChI=1S/C12H7NO4/c13-11(14)4-2-7-1-3-9-8(5-7)6-10(17-9)12(15)16/h1,3,5-6H,(H2,13,14)(H,15,16). The zero-order valence-corrected chi connectivity index (χ0v) is 8.56. The molecule has 1 heterocycles. The second kappa shape index (κ2) is 4.02. The minimum Gasteiger partial charge on any atom is -0.475 e. The van der Waals surface area contributed by atoms with E-state index in [1.165, 1.54) is 6.07 Å². The van der Waals surface area contributed by atoms with Gasteiger partial charge < -0.3 is 15.3 Å². The van der Waals surface area contributed by atoms with Crippen molar-refractivity contribution < 1.29 is 19.1 Å². The Labute approximate surface area is 95.8 Å². The monoisotopic (exact) mass is 229 g/mol. The second-order valence-electron chi connectivity index (χ2n) is 3.28. The van der Waals surface area contributed by atoms with Crippen molar-refractivity contribution in [3.8, 4) is 11.8 Å². The summed E-state index contributed by atoms with van der Waals surface area (Å²) in [7, 11) is 0. The first kappa shape index (κ1) is 10.8. The van der Waals surface area contributed by atoms with Gasteiger partial charge in [0, 0.05) is 10.9 Å². The Kier molecular flexibility index (Phi) is 2.55. The molecule has 5 heteroatoms. The molecule has 0 saturated carbocycles. The third kappa shape index (κ3) is 2.26. The smallest absolute Gasteiger partial charge is 0.371 e. The molecular weight excluding hydrogens is 222 g/mol. The average molecular weight is 229 g/mol. The van der Waals surface area contributed by atoms with E-state index >= 15 is 0 Å². The van der Waals surface area contributed by atoms with Crippen LogP contribution in [0.4, 0.5) is 0 Å². The third-order valence-corrected chi connectivity index (χ3v) is 2.06. The topological polar surface area (TPSA) is 93.5 Å². The summed E-state index contributed by atoms with van der Waals surface area (Å²) in [4.78, 5) is 21.2. The fourth-order valence-electron chi connectivity index (χ4n) is 1.36. The summed E-state index contributed by atoms with van der Waals surface area (Å²) in [6.45, 7) is 0. The van der Waals surface area contributed by atoms with Crippen LogP contribution in [0.1, 0.15) is 16.1 Å². The molecule has 0 fully saturated rings. The van der Waals surface area contributed by atoms with Crippen molar-refractivity contribution in [1.82, 2.24) is 0 Å². The summed E-state index contributed by atoms with van der Waals surface area (Å²) < 4.78 is 5.07. The molecule has 2 rings (SSSR count). The predicted octanol–water partition coefficient (Wildman–Crippen LogP) is 0.968. The van der Waals surface area contributed by atoms with Crippen molar-refractivity contribution in [3.63, 3.8) is 0 Å². The normalized spacial score (nSPS) is 9.65. The summed E-state index contributed by atoms with van der Waals surface area (Å²) in [5.74, 6) is 2.77. The lowest BCUT2D eigenvalue weighted by Crippen LogP contribution is -2.06. The molecule has 0 unspecified atom stereocenters. The summed E-state index contributed by atoms with van der Waals surface area (Å²) in [5, 5.41) is 9.36. The summed E-state index contributed by atoms with van der Waals surface area (Å²) >= 11 is 0. The van der Waals surface area contributed by atoms with Gasteiger partial charge in [0.25, 0.3) is 5.91 Å². The van der Waals surface area contributed by atoms with Crippen LogP contribution in [0, 0.1) is 11.8 Å². The molecule has 1 aromatic carbocycles. The number of hydrogen-bond donors (Lipinski definition) is 2. The number of carbonyl (C=O) groups excluding carboxylic acids is 1. The largest absolute Gasteiger partial charge is 0.475 e. The van der Waals surface area contributed by atoms with Gasteiger partial charge in [-0.2, -0.15) is 0 Å². The van der Waals surface area contributed by atoms with E-state index < -0.39 is 11.9 Å². The Balaban J connectivity index is 2.48. The van der Waals surface area contributed by atoms with Gasteiger partial charge in [-0.15, -0.1) is 0 Å². The Morgan fingerprint density at radius 2 is 2.06 bits per heavy atom. The van der Waals surface area contributed by atoms with Crippen LogP contribution in [0.5, 0.6) is 0 Å². The quantitative estimate of drug-likeness (QED) is 0.712. The lowest BCUT2D eigenvalue weighted by molar-refractivity contribution is -0.112. The van der Waals surface area contributed by atoms with Gasteiger partial charge in [0.1, 0.15) is 5.58 Å². The van der Waals surface area contributed by atoms with E-state index in [1.807, 2.05) is 0 Å². The number of rotatable bonds is 1. The molecule has 1 aromatic heterocycles. The lowest BCUT2D eigenvalue weighted by atomic mass is 10.1. The van der Waals surface area contributed by atoms with Gasteiger partial charge in [0.15, 0.2) is 0 Å². The molecule has 0 radical (unpaired) electrons. The maximum atomic E-state index is 10.7. The van der Waals surface area contributed by atoms with E-state index in [0.29, 0.717) is 16.5 Å². The van der Waals surface area contributed by atoms with Crippen LogP contribution in [0.2, 0.25) is 0 Å². The number of nitrogens with two attached hydrogens (primary N) is 1. The molecule has 1 amide bonds. The zero-order valence-electron chi connectivity index (χ0n) is 8.56. The summed E-state index contributed by atoms with van der Waals surface area (Å²) in [6, 6.07) is 6.23. The molecule has 17 heavy (non-hydrogen) atoms. The molecule has 0 bridgehead atoms. The molecule has 0 saturated heterocycles. The molecular formula is C12H7NO4. The number of carboxylic acids is 1. The van der Waals surface area contributed by atoms with Crippen LogP contribution >= 0.6 is 0 Å². The van der Waals surface area contributed by atoms with Gasteiger partial charge in [0.2, 0.25) is 5.76 Å². The fraction of sp³-hybridized carbons (Fsp3) is 0. The first-order chi connectivity index (χ1) is 8.06. The third-order valence-electron chi connectivity index (χ3n) is 2.06. The van der Waals surface area contributed by atoms with E-state index in [1.54, 1.807) is 18.2 Å². The van der Waals surface area contributed by atoms with Gasteiger partial charge >= 0.3 is 5.97 Å². The number of furan rings is 1. The van der Waals surface area contributed by atoms with Crippen molar-refractivity contribution in [1.29, 1.82) is 0 Å². The van der Waals surface area contributed by atoms with E-state index in [4.69, 9.17) is 15.3 Å². The first-order valence-electron chi connectivity index (χ1n) is 4.64. The Morgan fingerprint density at radius 1 is 1.29 bits per heavy atom. The molecule has 0 aliphatic heterocycles. The number of hydrogen-bond acceptors (Lipinski definition) is 3. The number of carboxylic acid groups (broad SMARTS) is 1. The van der Waals surface area contributed by atoms with E-state index in [-0.39, 0.29) is 5.76 Å². The zero-order chi connectivity index (χ0) is 12.4. The molecule has 0 aliphatic carbocycles. The van der Waals surface area contributed by atoms with Crippen LogP contribution in [-0.2, 0) is 4.79 Å². The van der Waals surface area contributed by atoms with Crippen LogP contribution < -0.4 is 5.73 Å². The number of primary amides is 1. The van der Waals surface area contributed by atoms with Crippen molar-refractivity contribution in [3.05, 3.63) is 35.6 Å². The summed E-state index contributed by atoms with van der Waals surface area (Å²) in [5.41, 5.74) is 5.90. The van der Waals surface area contributed by atoms with Gasteiger partial charge in [-0.05, 0) is 30.2 Å². The SMILES string of the molecule is NC(=O)C#Cc1ccc2oc(C(=O)O)cc2c1. The highest BCUT2D eigenvalue weighted by molar-refractivity contribution is 5.93. The van der Waals surface area contributed by atoms with Crippen LogP contribution in [0.15, 0.2) is 28.7 Å². The molecule has 0 spiro atoms. The molecule has 0 atom stereocenters. The van der Waals surface area contributed by atoms with Crippen LogP contribution in [-0.4, -0.2) is 17.0 Å². The summed E-state index contributed by atoms with van der Waals surface area (Å²) in [6.07, 6.45) is 0. The lowest BCUT2D eigenvalue weighted by Gasteiger charge is -1.89. The molecule has 5 nitrogen and oxygen atoms in total. The Hall–Kier alpha value is -2.74. The number of aromatic carboxylic acids is 1. The highest BCUT2D eigenvalue weighted by Gasteiger charge is 2.09. The Bertz CT molecular complexity index is 673. The maximum absolute atomic E-state index is 10.7. The van der Waals surface area contributed by atoms with Crippen molar-refractivity contribution in [2.24, 2.45) is 5.73 Å². The number of amides is 1. The number of fused-ring (bicyclic) bond motifs is 1. The van der Waals surface area contributed by atoms with Crippen LogP contribution in [0.3, 0.4) is 0 Å². The number of carbonyl (C=O) groups is 2. The van der Waals surface area contributed by atoms with E-state index in [0.717, 1.165) is 0 Å². The first-order valence-corrected chi connectivity index (χ1v) is 4.64. The highest BCUT2D eigenvalue weighted by Crippen LogP contribution is 2.20. The van der Waals surface area contributed by atoms with Crippen molar-refractivity contribution >= 4 is 22.8 Å². The van der Waals surface area contributed by atoms with E-state index in [9.17, 15) is 9.59 Å². The van der Waals surface area contributed by atoms with Crippen LogP contribution in [0.25, 0.3) is 11.0 Å². The van der Waals surface area contributed by atoms with Gasteiger partial charge in [-0.25, -0.2) is 4.79 Å². The van der Waals surface area contributed by atoms with Crippen molar-refractivity contribution in [2.75, 3.05) is 0 Å². The predicted molar refractivity (Wildman–Crippen MR) is 59.2 cm³/mol. The minimum atomic E-state index is -1.13. The van der Waals surface area contributed by atoms with Crippen molar-refractivity contribution in [2.45, 2.75) is 0 Å². The second-order valence-corrected chi connectivity index (χ2v) is 3.28. The molecule has 2 aromatic rings. The molecule has 84 valence electrons. The van der Waals surface area contributed by atoms with Gasteiger partial charge in [0.05, 0.1) is 0 Å². The van der Waals surface area contributed by atoms with Gasteiger partial charge in [-0.1, -0.05) is 5.92 Å². The van der Waals surface area contributed by atoms with E-state index in [2.05, 4.69) is 11.8 Å². The Morgan fingerprint density at radius 3 is 2.71 bits per heavy atom. The fourth-order valence-corrected chi connectivity index (χ4v) is 1.36. The number of benzene rings is 1. The highest BCUT2D eigenvalue weighted by atomic mass is 16.4. The molecule has 0 aliphatic rings. The molecule has 3 N–H and O–H groups in total. The average Bonchev–Trinajstić information content (AvgIpc) is 2.69. The van der Waals surface area contributed by atoms with Gasteiger partial charge in [-0.3, -0.25) is 4.79 Å².